The van der Waals surface area contributed by atoms with Crippen LogP contribution in [0, 0.1) is 5.92 Å². The van der Waals surface area contributed by atoms with Crippen molar-refractivity contribution in [2.75, 3.05) is 26.2 Å². The molecule has 1 fully saturated rings. The molecule has 0 spiro atoms. The van der Waals surface area contributed by atoms with E-state index in [9.17, 15) is 9.90 Å². The lowest BCUT2D eigenvalue weighted by atomic mass is 9.78. The van der Waals surface area contributed by atoms with Gasteiger partial charge in [0.15, 0.2) is 0 Å². The van der Waals surface area contributed by atoms with E-state index in [1.165, 1.54) is 0 Å². The molecule has 1 saturated heterocycles. The van der Waals surface area contributed by atoms with Crippen LogP contribution in [0.1, 0.15) is 19.4 Å². The number of hydrogen-bond acceptors (Lipinski definition) is 3. The van der Waals surface area contributed by atoms with Crippen molar-refractivity contribution >= 4 is 5.97 Å². The Kier molecular flexibility index (Phi) is 4.22. The van der Waals surface area contributed by atoms with E-state index in [0.29, 0.717) is 0 Å². The summed E-state index contributed by atoms with van der Waals surface area (Å²) in [7, 11) is 0. The van der Waals surface area contributed by atoms with Crippen LogP contribution < -0.4 is 5.32 Å². The Morgan fingerprint density at radius 1 is 1.26 bits per heavy atom. The van der Waals surface area contributed by atoms with Gasteiger partial charge in [-0.25, -0.2) is 4.79 Å². The van der Waals surface area contributed by atoms with Gasteiger partial charge < -0.3 is 10.4 Å². The highest BCUT2D eigenvalue weighted by molar-refractivity contribution is 5.81. The molecule has 0 saturated carbocycles. The van der Waals surface area contributed by atoms with Crippen LogP contribution in [0.5, 0.6) is 0 Å². The molecule has 0 aromatic heterocycles. The molecule has 0 aliphatic carbocycles. The van der Waals surface area contributed by atoms with E-state index in [1.807, 2.05) is 44.2 Å². The maximum atomic E-state index is 12.1. The zero-order valence-electron chi connectivity index (χ0n) is 11.6. The minimum Gasteiger partial charge on any atom is -0.480 e. The van der Waals surface area contributed by atoms with Crippen LogP contribution in [-0.4, -0.2) is 42.2 Å². The number of rotatable bonds is 4. The fourth-order valence-corrected chi connectivity index (χ4v) is 3.10. The number of carbonyl (C=O) groups is 1. The van der Waals surface area contributed by atoms with Gasteiger partial charge in [0, 0.05) is 26.2 Å². The summed E-state index contributed by atoms with van der Waals surface area (Å²) >= 11 is 0. The normalized spacial score (nSPS) is 20.2. The first-order valence-electron chi connectivity index (χ1n) is 6.84. The van der Waals surface area contributed by atoms with Crippen LogP contribution in [0.2, 0.25) is 0 Å². The molecule has 1 aliphatic heterocycles. The zero-order chi connectivity index (χ0) is 13.9. The molecule has 0 bridgehead atoms. The van der Waals surface area contributed by atoms with Crippen LogP contribution in [0.3, 0.4) is 0 Å². The summed E-state index contributed by atoms with van der Waals surface area (Å²) in [6.07, 6.45) is 0. The van der Waals surface area contributed by atoms with Crippen molar-refractivity contribution in [1.29, 1.82) is 0 Å². The number of carboxylic acids is 1. The molecular weight excluding hydrogens is 240 g/mol. The molecule has 2 rings (SSSR count). The van der Waals surface area contributed by atoms with Crippen molar-refractivity contribution in [3.63, 3.8) is 0 Å². The fraction of sp³-hybridized carbons (Fsp3) is 0.533. The molecule has 1 atom stereocenters. The van der Waals surface area contributed by atoms with Crippen LogP contribution in [0.15, 0.2) is 30.3 Å². The van der Waals surface area contributed by atoms with E-state index in [-0.39, 0.29) is 5.92 Å². The van der Waals surface area contributed by atoms with Crippen LogP contribution in [0.4, 0.5) is 0 Å². The Morgan fingerprint density at radius 2 is 1.84 bits per heavy atom. The Labute approximate surface area is 114 Å². The molecule has 104 valence electrons. The summed E-state index contributed by atoms with van der Waals surface area (Å²) in [5.41, 5.74) is -0.0528. The molecule has 4 nitrogen and oxygen atoms in total. The molecule has 2 N–H and O–H groups in total. The molecule has 1 aromatic rings. The molecule has 0 amide bonds. The number of benzene rings is 1. The second-order valence-corrected chi connectivity index (χ2v) is 5.33. The maximum absolute atomic E-state index is 12.1. The minimum absolute atomic E-state index is 0.00509. The number of aliphatic carboxylic acids is 1. The summed E-state index contributed by atoms with van der Waals surface area (Å²) in [5.74, 6) is -0.749. The van der Waals surface area contributed by atoms with Gasteiger partial charge in [0.05, 0.1) is 0 Å². The fourth-order valence-electron chi connectivity index (χ4n) is 3.10. The molecule has 1 heterocycles. The lowest BCUT2D eigenvalue weighted by Gasteiger charge is -2.45. The van der Waals surface area contributed by atoms with Crippen LogP contribution >= 0.6 is 0 Å². The standard InChI is InChI=1S/C15H22N2O2/c1-12(2)15(14(18)19,13-6-4-3-5-7-13)17-10-8-16-9-11-17/h3-7,12,16H,8-11H2,1-2H3,(H,18,19). The van der Waals surface area contributed by atoms with E-state index in [1.54, 1.807) is 0 Å². The monoisotopic (exact) mass is 262 g/mol. The summed E-state index contributed by atoms with van der Waals surface area (Å²) < 4.78 is 0. The second kappa shape index (κ2) is 5.72. The summed E-state index contributed by atoms with van der Waals surface area (Å²) in [4.78, 5) is 14.2. The summed E-state index contributed by atoms with van der Waals surface area (Å²) in [6, 6.07) is 9.61. The first-order valence-corrected chi connectivity index (χ1v) is 6.84. The van der Waals surface area contributed by atoms with E-state index >= 15 is 0 Å². The zero-order valence-corrected chi connectivity index (χ0v) is 11.6. The molecule has 4 heteroatoms. The lowest BCUT2D eigenvalue weighted by Crippen LogP contribution is -2.60. The topological polar surface area (TPSA) is 52.6 Å². The van der Waals surface area contributed by atoms with Gasteiger partial charge in [-0.05, 0) is 11.5 Å². The third-order valence-electron chi connectivity index (χ3n) is 3.99. The van der Waals surface area contributed by atoms with Gasteiger partial charge in [0.2, 0.25) is 0 Å². The predicted molar refractivity (Wildman–Crippen MR) is 75.0 cm³/mol. The van der Waals surface area contributed by atoms with Gasteiger partial charge in [0.25, 0.3) is 0 Å². The third-order valence-corrected chi connectivity index (χ3v) is 3.99. The van der Waals surface area contributed by atoms with Crippen molar-refractivity contribution in [3.05, 3.63) is 35.9 Å². The van der Waals surface area contributed by atoms with Crippen molar-refractivity contribution < 1.29 is 9.90 Å². The largest absolute Gasteiger partial charge is 0.480 e. The average Bonchev–Trinajstić information content (AvgIpc) is 2.41. The first-order chi connectivity index (χ1) is 9.10. The lowest BCUT2D eigenvalue weighted by molar-refractivity contribution is -0.157. The quantitative estimate of drug-likeness (QED) is 0.864. The van der Waals surface area contributed by atoms with Gasteiger partial charge in [-0.2, -0.15) is 0 Å². The molecule has 0 radical (unpaired) electrons. The Balaban J connectivity index is 2.50. The predicted octanol–water partition coefficient (Wildman–Crippen LogP) is 1.53. The first kappa shape index (κ1) is 14.0. The Morgan fingerprint density at radius 3 is 2.32 bits per heavy atom. The average molecular weight is 262 g/mol. The number of carboxylic acid groups (broad SMARTS) is 1. The highest BCUT2D eigenvalue weighted by Gasteiger charge is 2.48. The minimum atomic E-state index is -0.927. The third kappa shape index (κ3) is 2.38. The number of hydrogen-bond donors (Lipinski definition) is 2. The summed E-state index contributed by atoms with van der Waals surface area (Å²) in [6.45, 7) is 7.19. The molecular formula is C15H22N2O2. The van der Waals surface area contributed by atoms with Crippen molar-refractivity contribution in [2.45, 2.75) is 19.4 Å². The van der Waals surface area contributed by atoms with E-state index in [2.05, 4.69) is 10.2 Å². The molecule has 1 unspecified atom stereocenters. The van der Waals surface area contributed by atoms with Crippen molar-refractivity contribution in [1.82, 2.24) is 10.2 Å². The van der Waals surface area contributed by atoms with Gasteiger partial charge in [-0.15, -0.1) is 0 Å². The molecule has 1 aromatic carbocycles. The Hall–Kier alpha value is -1.39. The van der Waals surface area contributed by atoms with E-state index < -0.39 is 11.5 Å². The SMILES string of the molecule is CC(C)C(C(=O)O)(c1ccccc1)N1CCNCC1. The number of piperazine rings is 1. The van der Waals surface area contributed by atoms with Crippen molar-refractivity contribution in [2.24, 2.45) is 5.92 Å². The smallest absolute Gasteiger partial charge is 0.329 e. The van der Waals surface area contributed by atoms with E-state index in [4.69, 9.17) is 0 Å². The van der Waals surface area contributed by atoms with Gasteiger partial charge in [-0.3, -0.25) is 4.90 Å². The second-order valence-electron chi connectivity index (χ2n) is 5.33. The van der Waals surface area contributed by atoms with E-state index in [0.717, 1.165) is 31.7 Å². The van der Waals surface area contributed by atoms with Crippen LogP contribution in [-0.2, 0) is 10.3 Å². The highest BCUT2D eigenvalue weighted by Crippen LogP contribution is 2.36. The molecule has 1 aliphatic rings. The van der Waals surface area contributed by atoms with Gasteiger partial charge in [0.1, 0.15) is 5.54 Å². The Bertz CT molecular complexity index is 427. The summed E-state index contributed by atoms with van der Waals surface area (Å²) in [5, 5.41) is 13.2. The number of nitrogens with zero attached hydrogens (tertiary/aromatic N) is 1. The number of nitrogens with one attached hydrogen (secondary N) is 1. The van der Waals surface area contributed by atoms with Gasteiger partial charge >= 0.3 is 5.97 Å². The molecule has 19 heavy (non-hydrogen) atoms. The van der Waals surface area contributed by atoms with Crippen molar-refractivity contribution in [3.8, 4) is 0 Å². The maximum Gasteiger partial charge on any atom is 0.329 e. The highest BCUT2D eigenvalue weighted by atomic mass is 16.4. The van der Waals surface area contributed by atoms with Crippen LogP contribution in [0.25, 0.3) is 0 Å². The van der Waals surface area contributed by atoms with Gasteiger partial charge in [-0.1, -0.05) is 44.2 Å².